The highest BCUT2D eigenvalue weighted by Gasteiger charge is 2.16. The minimum Gasteiger partial charge on any atom is -0.444 e. The summed E-state index contributed by atoms with van der Waals surface area (Å²) in [6.07, 6.45) is 1.12. The van der Waals surface area contributed by atoms with Gasteiger partial charge in [-0.25, -0.2) is 9.78 Å². The lowest BCUT2D eigenvalue weighted by Gasteiger charge is -2.20. The zero-order chi connectivity index (χ0) is 18.6. The number of pyridine rings is 1. The summed E-state index contributed by atoms with van der Waals surface area (Å²) in [5, 5.41) is 6.06. The van der Waals surface area contributed by atoms with Crippen LogP contribution >= 0.6 is 0 Å². The van der Waals surface area contributed by atoms with Crippen molar-refractivity contribution in [3.05, 3.63) is 47.7 Å². The smallest absolute Gasteiger partial charge is 0.412 e. The molecule has 0 aliphatic carbocycles. The van der Waals surface area contributed by atoms with Crippen LogP contribution < -0.4 is 10.6 Å². The maximum absolute atomic E-state index is 11.8. The van der Waals surface area contributed by atoms with Gasteiger partial charge in [-0.05, 0) is 56.9 Å². The molecule has 2 N–H and O–H groups in total. The van der Waals surface area contributed by atoms with Gasteiger partial charge in [0.05, 0.1) is 11.9 Å². The van der Waals surface area contributed by atoms with Crippen LogP contribution in [0, 0.1) is 6.92 Å². The molecule has 0 saturated carbocycles. The molecular weight excluding hydrogens is 314 g/mol. The Morgan fingerprint density at radius 2 is 1.88 bits per heavy atom. The molecule has 1 aromatic heterocycles. The van der Waals surface area contributed by atoms with Crippen molar-refractivity contribution in [3.63, 3.8) is 0 Å². The van der Waals surface area contributed by atoms with Gasteiger partial charge in [-0.2, -0.15) is 0 Å². The third-order valence-electron chi connectivity index (χ3n) is 3.59. The van der Waals surface area contributed by atoms with E-state index in [1.54, 1.807) is 12.3 Å². The van der Waals surface area contributed by atoms with Crippen LogP contribution in [0.25, 0.3) is 0 Å². The van der Waals surface area contributed by atoms with E-state index in [0.717, 1.165) is 11.5 Å². The molecule has 134 valence electrons. The quantitative estimate of drug-likeness (QED) is 0.759. The number of aromatic nitrogens is 1. The van der Waals surface area contributed by atoms with Crippen molar-refractivity contribution in [1.82, 2.24) is 4.98 Å². The molecule has 0 atom stereocenters. The summed E-state index contributed by atoms with van der Waals surface area (Å²) in [6, 6.07) is 9.90. The zero-order valence-electron chi connectivity index (χ0n) is 15.8. The SMILES string of the molecule is Cc1cccc(C(C)C)c1Nc1ccc(NC(=O)OC(C)(C)C)cn1. The van der Waals surface area contributed by atoms with Gasteiger partial charge in [-0.3, -0.25) is 5.32 Å². The second kappa shape index (κ2) is 7.55. The third-order valence-corrected chi connectivity index (χ3v) is 3.59. The molecule has 1 heterocycles. The molecule has 0 aliphatic heterocycles. The topological polar surface area (TPSA) is 63.2 Å². The molecule has 1 amide bonds. The van der Waals surface area contributed by atoms with Crippen molar-refractivity contribution in [1.29, 1.82) is 0 Å². The summed E-state index contributed by atoms with van der Waals surface area (Å²) < 4.78 is 5.23. The molecule has 0 fully saturated rings. The summed E-state index contributed by atoms with van der Waals surface area (Å²) in [5.41, 5.74) is 3.56. The fourth-order valence-electron chi connectivity index (χ4n) is 2.43. The van der Waals surface area contributed by atoms with Crippen molar-refractivity contribution in [3.8, 4) is 0 Å². The maximum atomic E-state index is 11.8. The Balaban J connectivity index is 2.10. The minimum absolute atomic E-state index is 0.413. The molecule has 2 aromatic rings. The van der Waals surface area contributed by atoms with E-state index < -0.39 is 11.7 Å². The van der Waals surface area contributed by atoms with Crippen LogP contribution in [-0.2, 0) is 4.74 Å². The van der Waals surface area contributed by atoms with E-state index in [-0.39, 0.29) is 0 Å². The number of ether oxygens (including phenoxy) is 1. The highest BCUT2D eigenvalue weighted by Crippen LogP contribution is 2.29. The lowest BCUT2D eigenvalue weighted by atomic mass is 9.98. The lowest BCUT2D eigenvalue weighted by Crippen LogP contribution is -2.27. The molecule has 2 rings (SSSR count). The van der Waals surface area contributed by atoms with Crippen LogP contribution in [-0.4, -0.2) is 16.7 Å². The molecule has 1 aromatic carbocycles. The largest absolute Gasteiger partial charge is 0.444 e. The number of carbonyl (C=O) groups excluding carboxylic acids is 1. The van der Waals surface area contributed by atoms with Crippen LogP contribution in [0.15, 0.2) is 36.5 Å². The average molecular weight is 341 g/mol. The molecule has 25 heavy (non-hydrogen) atoms. The summed E-state index contributed by atoms with van der Waals surface area (Å²) in [7, 11) is 0. The van der Waals surface area contributed by atoms with Crippen molar-refractivity contribution in [2.24, 2.45) is 0 Å². The number of carbonyl (C=O) groups is 1. The van der Waals surface area contributed by atoms with E-state index in [1.165, 1.54) is 11.1 Å². The fraction of sp³-hybridized carbons (Fsp3) is 0.400. The standard InChI is InChI=1S/C20H27N3O2/c1-13(2)16-9-7-8-14(3)18(16)23-17-11-10-15(12-21-17)22-19(24)25-20(4,5)6/h7-13H,1-6H3,(H,21,23)(H,22,24). The van der Waals surface area contributed by atoms with Crippen molar-refractivity contribution >= 4 is 23.3 Å². The Kier molecular flexibility index (Phi) is 5.67. The number of amides is 1. The zero-order valence-corrected chi connectivity index (χ0v) is 15.8. The average Bonchev–Trinajstić information content (AvgIpc) is 2.49. The highest BCUT2D eigenvalue weighted by molar-refractivity contribution is 5.84. The van der Waals surface area contributed by atoms with Gasteiger partial charge in [0.1, 0.15) is 11.4 Å². The van der Waals surface area contributed by atoms with E-state index >= 15 is 0 Å². The van der Waals surface area contributed by atoms with Gasteiger partial charge in [0.25, 0.3) is 0 Å². The molecule has 0 radical (unpaired) electrons. The fourth-order valence-corrected chi connectivity index (χ4v) is 2.43. The number of hydrogen-bond acceptors (Lipinski definition) is 4. The summed E-state index contributed by atoms with van der Waals surface area (Å²) >= 11 is 0. The van der Waals surface area contributed by atoms with Crippen molar-refractivity contribution in [2.75, 3.05) is 10.6 Å². The number of rotatable bonds is 4. The first-order valence-corrected chi connectivity index (χ1v) is 8.48. The molecule has 0 aliphatic rings. The van der Waals surface area contributed by atoms with Crippen LogP contribution in [0.1, 0.15) is 51.7 Å². The van der Waals surface area contributed by atoms with Gasteiger partial charge in [0, 0.05) is 5.69 Å². The molecule has 0 spiro atoms. The van der Waals surface area contributed by atoms with Gasteiger partial charge in [-0.1, -0.05) is 32.0 Å². The number of hydrogen-bond donors (Lipinski definition) is 2. The molecule has 5 nitrogen and oxygen atoms in total. The van der Waals surface area contributed by atoms with Gasteiger partial charge in [0.15, 0.2) is 0 Å². The van der Waals surface area contributed by atoms with Gasteiger partial charge in [-0.15, -0.1) is 0 Å². The number of aryl methyl sites for hydroxylation is 1. The number of benzene rings is 1. The minimum atomic E-state index is -0.531. The summed E-state index contributed by atoms with van der Waals surface area (Å²) in [4.78, 5) is 16.2. The normalized spacial score (nSPS) is 11.3. The molecule has 0 bridgehead atoms. The molecule has 0 saturated heterocycles. The van der Waals surface area contributed by atoms with Crippen LogP contribution in [0.5, 0.6) is 0 Å². The molecule has 5 heteroatoms. The predicted octanol–water partition coefficient (Wildman–Crippen LogP) is 5.60. The first-order valence-electron chi connectivity index (χ1n) is 8.48. The second-order valence-corrected chi connectivity index (χ2v) is 7.38. The van der Waals surface area contributed by atoms with Crippen molar-refractivity contribution in [2.45, 2.75) is 53.1 Å². The van der Waals surface area contributed by atoms with E-state index in [9.17, 15) is 4.79 Å². The van der Waals surface area contributed by atoms with E-state index in [0.29, 0.717) is 11.6 Å². The summed E-state index contributed by atoms with van der Waals surface area (Å²) in [6.45, 7) is 11.9. The van der Waals surface area contributed by atoms with Crippen molar-refractivity contribution < 1.29 is 9.53 Å². The first kappa shape index (κ1) is 18.8. The first-order chi connectivity index (χ1) is 11.7. The van der Waals surface area contributed by atoms with E-state index in [1.807, 2.05) is 26.8 Å². The summed E-state index contributed by atoms with van der Waals surface area (Å²) in [5.74, 6) is 1.14. The van der Waals surface area contributed by atoms with Gasteiger partial charge in [0.2, 0.25) is 0 Å². The number of para-hydroxylation sites is 1. The Morgan fingerprint density at radius 3 is 2.44 bits per heavy atom. The highest BCUT2D eigenvalue weighted by atomic mass is 16.6. The number of nitrogens with one attached hydrogen (secondary N) is 2. The van der Waals surface area contributed by atoms with E-state index in [2.05, 4.69) is 54.6 Å². The van der Waals surface area contributed by atoms with Gasteiger partial charge >= 0.3 is 6.09 Å². The third kappa shape index (κ3) is 5.48. The second-order valence-electron chi connectivity index (χ2n) is 7.38. The number of anilines is 3. The monoisotopic (exact) mass is 341 g/mol. The number of nitrogens with zero attached hydrogens (tertiary/aromatic N) is 1. The lowest BCUT2D eigenvalue weighted by molar-refractivity contribution is 0.0636. The van der Waals surface area contributed by atoms with E-state index in [4.69, 9.17) is 4.74 Å². The molecular formula is C20H27N3O2. The maximum Gasteiger partial charge on any atom is 0.412 e. The Morgan fingerprint density at radius 1 is 1.16 bits per heavy atom. The Hall–Kier alpha value is -2.56. The van der Waals surface area contributed by atoms with Crippen LogP contribution in [0.2, 0.25) is 0 Å². The van der Waals surface area contributed by atoms with Crippen LogP contribution in [0.3, 0.4) is 0 Å². The molecule has 0 unspecified atom stereocenters. The Labute approximate surface area is 149 Å². The predicted molar refractivity (Wildman–Crippen MR) is 103 cm³/mol. The van der Waals surface area contributed by atoms with Crippen LogP contribution in [0.4, 0.5) is 22.0 Å². The van der Waals surface area contributed by atoms with Gasteiger partial charge < -0.3 is 10.1 Å². The Bertz CT molecular complexity index is 732.